The second kappa shape index (κ2) is 12.5. The molecule has 1 saturated carbocycles. The van der Waals surface area contributed by atoms with E-state index in [1.165, 1.54) is 9.87 Å². The Morgan fingerprint density at radius 3 is 2.76 bits per heavy atom. The minimum Gasteiger partial charge on any atom is -0.487 e. The highest BCUT2D eigenvalue weighted by Gasteiger charge is 2.38. The van der Waals surface area contributed by atoms with E-state index in [4.69, 9.17) is 21.1 Å². The number of morpholine rings is 1. The molecule has 0 aromatic heterocycles. The van der Waals surface area contributed by atoms with Crippen LogP contribution in [0.4, 0.5) is 5.69 Å². The van der Waals surface area contributed by atoms with E-state index in [-0.39, 0.29) is 37.2 Å². The second-order valence-corrected chi connectivity index (χ2v) is 13.8. The molecule has 2 aromatic carbocycles. The molecule has 4 aliphatic rings. The zero-order valence-electron chi connectivity index (χ0n) is 23.6. The van der Waals surface area contributed by atoms with Crippen LogP contribution in [0.15, 0.2) is 48.6 Å². The SMILES string of the molecule is O=C1NS(=O)(=O)N2CCOCC2C/C=C\[C@H](O)[C@@H]2CC[C@H]2CN2CCCCc3cc(Cl)ccc3COc3ccc1cc32. The lowest BCUT2D eigenvalue weighted by Gasteiger charge is -2.42. The molecule has 0 radical (unpaired) electrons. The van der Waals surface area contributed by atoms with Crippen molar-refractivity contribution >= 4 is 33.4 Å². The number of rotatable bonds is 0. The number of nitrogens with one attached hydrogen (secondary N) is 1. The van der Waals surface area contributed by atoms with Crippen LogP contribution < -0.4 is 14.4 Å². The van der Waals surface area contributed by atoms with Crippen LogP contribution >= 0.6 is 11.6 Å². The average molecular weight is 616 g/mol. The van der Waals surface area contributed by atoms with Gasteiger partial charge in [-0.1, -0.05) is 29.8 Å². The Bertz CT molecular complexity index is 1450. The minimum atomic E-state index is -4.13. The smallest absolute Gasteiger partial charge is 0.304 e. The molecule has 1 amide bonds. The number of ether oxygens (including phenoxy) is 2. The Morgan fingerprint density at radius 2 is 1.93 bits per heavy atom. The third-order valence-corrected chi connectivity index (χ3v) is 10.8. The van der Waals surface area contributed by atoms with E-state index in [0.717, 1.165) is 49.9 Å². The maximum absolute atomic E-state index is 13.4. The van der Waals surface area contributed by atoms with Crippen LogP contribution in [-0.4, -0.2) is 68.7 Å². The predicted octanol–water partition coefficient (Wildman–Crippen LogP) is 4.08. The van der Waals surface area contributed by atoms with E-state index < -0.39 is 28.3 Å². The van der Waals surface area contributed by atoms with Crippen molar-refractivity contribution in [1.82, 2.24) is 9.03 Å². The molecule has 2 aromatic rings. The number of halogens is 1. The molecular formula is C31H38ClN3O6S. The molecule has 226 valence electrons. The number of nitrogens with zero attached hydrogens (tertiary/aromatic N) is 2. The maximum Gasteiger partial charge on any atom is 0.304 e. The van der Waals surface area contributed by atoms with Gasteiger partial charge in [0, 0.05) is 30.2 Å². The number of carbonyl (C=O) groups excluding carboxylic acids is 1. The third-order valence-electron chi connectivity index (χ3n) is 9.05. The van der Waals surface area contributed by atoms with Crippen LogP contribution in [-0.2, 0) is 28.0 Å². The van der Waals surface area contributed by atoms with Crippen molar-refractivity contribution in [2.45, 2.75) is 57.3 Å². The van der Waals surface area contributed by atoms with Crippen LogP contribution in [0, 0.1) is 11.8 Å². The van der Waals surface area contributed by atoms with Gasteiger partial charge in [0.1, 0.15) is 12.4 Å². The van der Waals surface area contributed by atoms with Crippen molar-refractivity contribution in [3.8, 4) is 5.75 Å². The highest BCUT2D eigenvalue weighted by Crippen LogP contribution is 2.41. The molecule has 4 atom stereocenters. The van der Waals surface area contributed by atoms with Gasteiger partial charge in [0.25, 0.3) is 5.91 Å². The van der Waals surface area contributed by atoms with Crippen molar-refractivity contribution in [2.24, 2.45) is 11.8 Å². The first-order chi connectivity index (χ1) is 20.3. The molecule has 42 heavy (non-hydrogen) atoms. The molecule has 2 fully saturated rings. The van der Waals surface area contributed by atoms with Crippen molar-refractivity contribution in [2.75, 3.05) is 37.7 Å². The largest absolute Gasteiger partial charge is 0.487 e. The van der Waals surface area contributed by atoms with Crippen LogP contribution in [0.5, 0.6) is 5.75 Å². The van der Waals surface area contributed by atoms with E-state index in [9.17, 15) is 18.3 Å². The number of fused-ring (bicyclic) bond motifs is 4. The minimum absolute atomic E-state index is 0.108. The molecule has 1 aliphatic carbocycles. The normalized spacial score (nSPS) is 29.3. The number of aliphatic hydroxyl groups is 1. The van der Waals surface area contributed by atoms with Crippen molar-refractivity contribution in [1.29, 1.82) is 0 Å². The summed E-state index contributed by atoms with van der Waals surface area (Å²) in [6.45, 7) is 2.41. The Kier molecular flexibility index (Phi) is 8.79. The Hall–Kier alpha value is -2.63. The first-order valence-corrected chi connectivity index (χ1v) is 16.7. The molecule has 1 unspecified atom stereocenters. The molecule has 11 heteroatoms. The zero-order valence-corrected chi connectivity index (χ0v) is 25.2. The molecule has 1 saturated heterocycles. The number of benzene rings is 2. The van der Waals surface area contributed by atoms with E-state index in [0.29, 0.717) is 30.3 Å². The fourth-order valence-corrected chi connectivity index (χ4v) is 8.05. The summed E-state index contributed by atoms with van der Waals surface area (Å²) in [7, 11) is -4.13. The van der Waals surface area contributed by atoms with Crippen LogP contribution in [0.1, 0.15) is 53.6 Å². The lowest BCUT2D eigenvalue weighted by atomic mass is 9.70. The number of carbonyl (C=O) groups is 1. The Morgan fingerprint density at radius 1 is 1.05 bits per heavy atom. The van der Waals surface area contributed by atoms with Gasteiger partial charge in [0.05, 0.1) is 31.0 Å². The molecule has 3 heterocycles. The Labute approximate surface area is 252 Å². The van der Waals surface area contributed by atoms with Crippen LogP contribution in [0.3, 0.4) is 0 Å². The molecular weight excluding hydrogens is 578 g/mol. The fourth-order valence-electron chi connectivity index (χ4n) is 6.53. The topological polar surface area (TPSA) is 108 Å². The summed E-state index contributed by atoms with van der Waals surface area (Å²) in [5.41, 5.74) is 3.23. The van der Waals surface area contributed by atoms with Gasteiger partial charge < -0.3 is 19.5 Å². The predicted molar refractivity (Wildman–Crippen MR) is 161 cm³/mol. The number of amides is 1. The van der Waals surface area contributed by atoms with E-state index >= 15 is 0 Å². The molecule has 6 rings (SSSR count). The quantitative estimate of drug-likeness (QED) is 0.430. The summed E-state index contributed by atoms with van der Waals surface area (Å²) in [5.74, 6) is 0.329. The van der Waals surface area contributed by atoms with E-state index in [2.05, 4.69) is 9.62 Å². The zero-order chi connectivity index (χ0) is 29.3. The lowest BCUT2D eigenvalue weighted by Crippen LogP contribution is -2.53. The fraction of sp³-hybridized carbons (Fsp3) is 0.516. The third kappa shape index (κ3) is 6.33. The molecule has 9 nitrogen and oxygen atoms in total. The van der Waals surface area contributed by atoms with Crippen molar-refractivity contribution in [3.05, 3.63) is 70.3 Å². The van der Waals surface area contributed by atoms with Crippen LogP contribution in [0.2, 0.25) is 5.02 Å². The van der Waals surface area contributed by atoms with E-state index in [1.54, 1.807) is 24.3 Å². The lowest BCUT2D eigenvalue weighted by molar-refractivity contribution is 0.0322. The summed E-state index contributed by atoms with van der Waals surface area (Å²) < 4.78 is 42.3. The van der Waals surface area contributed by atoms with Gasteiger partial charge in [0.15, 0.2) is 0 Å². The Balaban J connectivity index is 1.38. The summed E-state index contributed by atoms with van der Waals surface area (Å²) in [6, 6.07) is 10.5. The maximum atomic E-state index is 13.4. The van der Waals surface area contributed by atoms with Gasteiger partial charge in [-0.15, -0.1) is 0 Å². The molecule has 3 aliphatic heterocycles. The summed E-state index contributed by atoms with van der Waals surface area (Å²) >= 11 is 6.30. The summed E-state index contributed by atoms with van der Waals surface area (Å²) in [4.78, 5) is 15.7. The average Bonchev–Trinajstić information content (AvgIpc) is 2.98. The highest BCUT2D eigenvalue weighted by atomic mass is 35.5. The summed E-state index contributed by atoms with van der Waals surface area (Å²) in [5, 5.41) is 11.8. The van der Waals surface area contributed by atoms with Crippen LogP contribution in [0.25, 0.3) is 0 Å². The summed E-state index contributed by atoms with van der Waals surface area (Å²) in [6.07, 6.45) is 8.11. The highest BCUT2D eigenvalue weighted by molar-refractivity contribution is 7.87. The van der Waals surface area contributed by atoms with Gasteiger partial charge in [-0.25, -0.2) is 4.72 Å². The number of aliphatic hydroxyl groups excluding tert-OH is 1. The van der Waals surface area contributed by atoms with Gasteiger partial charge in [0.2, 0.25) is 0 Å². The van der Waals surface area contributed by atoms with Gasteiger partial charge in [-0.05, 0) is 91.8 Å². The molecule has 2 N–H and O–H groups in total. The van der Waals surface area contributed by atoms with Gasteiger partial charge in [-0.3, -0.25) is 4.79 Å². The van der Waals surface area contributed by atoms with Gasteiger partial charge in [-0.2, -0.15) is 12.7 Å². The van der Waals surface area contributed by atoms with Crippen molar-refractivity contribution < 1.29 is 27.8 Å². The number of hydrogen-bond acceptors (Lipinski definition) is 7. The number of aryl methyl sites for hydroxylation is 1. The first-order valence-electron chi connectivity index (χ1n) is 14.8. The number of hydrogen-bond donors (Lipinski definition) is 2. The molecule has 0 spiro atoms. The molecule has 2 bridgehead atoms. The van der Waals surface area contributed by atoms with Crippen molar-refractivity contribution in [3.63, 3.8) is 0 Å². The van der Waals surface area contributed by atoms with Gasteiger partial charge >= 0.3 is 10.2 Å². The van der Waals surface area contributed by atoms with E-state index in [1.807, 2.05) is 24.3 Å². The first kappa shape index (κ1) is 29.4. The number of anilines is 1. The standard InChI is InChI=1S/C31H38ClN3O6S/c32-25-10-7-24-19-41-30-12-9-22-17-28(30)34(13-2-1-4-21(24)16-25)18-23-8-11-27(23)29(36)6-3-5-26-20-40-15-14-35(26)42(38,39)33-31(22)37/h3,6-7,9-10,12,16-17,23,26-27,29,36H,1-2,4-5,8,11,13-15,18-20H2,(H,33,37)/b6-3-/t23-,26?,27+,29-/m0/s1. The monoisotopic (exact) mass is 615 g/mol. The second-order valence-electron chi connectivity index (χ2n) is 11.7.